The Morgan fingerprint density at radius 2 is 2.04 bits per heavy atom. The summed E-state index contributed by atoms with van der Waals surface area (Å²) in [4.78, 5) is 14.1. The zero-order valence-corrected chi connectivity index (χ0v) is 15.8. The van der Waals surface area contributed by atoms with Crippen molar-refractivity contribution in [2.75, 3.05) is 32.8 Å². The Hall–Kier alpha value is -0.970. The van der Waals surface area contributed by atoms with Crippen molar-refractivity contribution in [2.24, 2.45) is 5.92 Å². The molecule has 1 aliphatic heterocycles. The van der Waals surface area contributed by atoms with Crippen molar-refractivity contribution in [3.05, 3.63) is 29.3 Å². The van der Waals surface area contributed by atoms with Gasteiger partial charge in [0.15, 0.2) is 0 Å². The second-order valence-corrected chi connectivity index (χ2v) is 6.32. The van der Waals surface area contributed by atoms with E-state index in [0.717, 1.165) is 51.1 Å². The molecule has 0 aliphatic carbocycles. The Bertz CT molecular complexity index is 491. The first-order valence-corrected chi connectivity index (χ1v) is 8.84. The van der Waals surface area contributed by atoms with Crippen LogP contribution in [0.15, 0.2) is 24.3 Å². The number of esters is 1. The first-order chi connectivity index (χ1) is 11.2. The first-order valence-electron chi connectivity index (χ1n) is 8.46. The normalized spacial score (nSPS) is 15.6. The summed E-state index contributed by atoms with van der Waals surface area (Å²) in [7, 11) is 0. The van der Waals surface area contributed by atoms with Crippen LogP contribution in [0.2, 0.25) is 5.02 Å². The van der Waals surface area contributed by atoms with E-state index in [-0.39, 0.29) is 24.3 Å². The van der Waals surface area contributed by atoms with Gasteiger partial charge in [-0.2, -0.15) is 0 Å². The van der Waals surface area contributed by atoms with Gasteiger partial charge in [0, 0.05) is 5.02 Å². The van der Waals surface area contributed by atoms with Crippen LogP contribution in [0.3, 0.4) is 0 Å². The van der Waals surface area contributed by atoms with Crippen LogP contribution >= 0.6 is 24.0 Å². The first kappa shape index (κ1) is 21.1. The lowest BCUT2D eigenvalue weighted by Crippen LogP contribution is -2.37. The van der Waals surface area contributed by atoms with E-state index >= 15 is 0 Å². The lowest BCUT2D eigenvalue weighted by atomic mass is 9.97. The van der Waals surface area contributed by atoms with E-state index in [4.69, 9.17) is 21.1 Å². The van der Waals surface area contributed by atoms with Gasteiger partial charge in [0.1, 0.15) is 5.75 Å². The summed E-state index contributed by atoms with van der Waals surface area (Å²) >= 11 is 5.92. The molecule has 0 spiro atoms. The van der Waals surface area contributed by atoms with E-state index < -0.39 is 0 Å². The number of piperidine rings is 1. The number of likely N-dealkylation sites (tertiary alicyclic amines) is 1. The molecule has 1 aliphatic rings. The minimum atomic E-state index is -0.0259. The molecule has 0 radical (unpaired) electrons. The number of nitrogens with zero attached hydrogens (tertiary/aromatic N) is 1. The number of carbonyl (C=O) groups excluding carboxylic acids is 1. The Balaban J connectivity index is 0.00000288. The van der Waals surface area contributed by atoms with Crippen molar-refractivity contribution < 1.29 is 14.3 Å². The Morgan fingerprint density at radius 1 is 1.29 bits per heavy atom. The largest absolute Gasteiger partial charge is 0.494 e. The van der Waals surface area contributed by atoms with Crippen molar-refractivity contribution in [3.63, 3.8) is 0 Å². The maximum Gasteiger partial charge on any atom is 0.309 e. The van der Waals surface area contributed by atoms with E-state index in [0.29, 0.717) is 18.2 Å². The van der Waals surface area contributed by atoms with Crippen LogP contribution in [-0.2, 0) is 9.53 Å². The van der Waals surface area contributed by atoms with E-state index in [1.54, 1.807) is 0 Å². The molecule has 1 aromatic rings. The van der Waals surface area contributed by atoms with E-state index in [1.807, 2.05) is 31.2 Å². The molecule has 0 unspecified atom stereocenters. The maximum atomic E-state index is 11.7. The van der Waals surface area contributed by atoms with Crippen LogP contribution in [-0.4, -0.2) is 43.7 Å². The number of halogens is 2. The fourth-order valence-electron chi connectivity index (χ4n) is 2.84. The monoisotopic (exact) mass is 375 g/mol. The molecule has 136 valence electrons. The zero-order chi connectivity index (χ0) is 16.5. The summed E-state index contributed by atoms with van der Waals surface area (Å²) in [6.07, 6.45) is 3.95. The minimum Gasteiger partial charge on any atom is -0.494 e. The third kappa shape index (κ3) is 7.29. The average Bonchev–Trinajstić information content (AvgIpc) is 2.55. The molecule has 2 rings (SSSR count). The number of hydrogen-bond acceptors (Lipinski definition) is 4. The van der Waals surface area contributed by atoms with E-state index in [9.17, 15) is 4.79 Å². The molecule has 0 aromatic heterocycles. The van der Waals surface area contributed by atoms with Gasteiger partial charge in [0.25, 0.3) is 0 Å². The summed E-state index contributed by atoms with van der Waals surface area (Å²) in [5.74, 6) is 0.896. The van der Waals surface area contributed by atoms with E-state index in [2.05, 4.69) is 4.90 Å². The van der Waals surface area contributed by atoms with E-state index in [1.165, 1.54) is 0 Å². The molecule has 0 N–H and O–H groups in total. The van der Waals surface area contributed by atoms with Crippen LogP contribution in [0.25, 0.3) is 0 Å². The van der Waals surface area contributed by atoms with Crippen molar-refractivity contribution >= 4 is 30.0 Å². The number of hydrogen-bond donors (Lipinski definition) is 0. The maximum absolute atomic E-state index is 11.7. The summed E-state index contributed by atoms with van der Waals surface area (Å²) in [5.41, 5.74) is 0. The average molecular weight is 376 g/mol. The lowest BCUT2D eigenvalue weighted by Gasteiger charge is -2.30. The number of unbranched alkanes of at least 4 members (excludes halogenated alkanes) is 1. The van der Waals surface area contributed by atoms with Crippen LogP contribution in [0, 0.1) is 5.92 Å². The van der Waals surface area contributed by atoms with Gasteiger partial charge in [-0.3, -0.25) is 4.79 Å². The van der Waals surface area contributed by atoms with Crippen molar-refractivity contribution in [3.8, 4) is 5.75 Å². The van der Waals surface area contributed by atoms with Gasteiger partial charge in [-0.25, -0.2) is 0 Å². The van der Waals surface area contributed by atoms with Crippen molar-refractivity contribution in [2.45, 2.75) is 32.6 Å². The topological polar surface area (TPSA) is 38.8 Å². The predicted molar refractivity (Wildman–Crippen MR) is 99.2 cm³/mol. The summed E-state index contributed by atoms with van der Waals surface area (Å²) in [6.45, 7) is 6.08. The van der Waals surface area contributed by atoms with Gasteiger partial charge >= 0.3 is 5.97 Å². The Morgan fingerprint density at radius 3 is 2.71 bits per heavy atom. The standard InChI is InChI=1S/C18H26ClNO3.ClH/c1-2-22-18(21)15-8-11-20(12-9-15)10-3-4-13-23-17-7-5-6-16(19)14-17;/h5-7,14-15H,2-4,8-13H2,1H3;1H. The molecule has 1 saturated heterocycles. The zero-order valence-electron chi connectivity index (χ0n) is 14.2. The molecule has 1 fully saturated rings. The minimum absolute atomic E-state index is 0. The van der Waals surface area contributed by atoms with Gasteiger partial charge in [0.2, 0.25) is 0 Å². The number of rotatable bonds is 8. The summed E-state index contributed by atoms with van der Waals surface area (Å²) in [6, 6.07) is 7.49. The highest BCUT2D eigenvalue weighted by Gasteiger charge is 2.25. The highest BCUT2D eigenvalue weighted by molar-refractivity contribution is 6.30. The summed E-state index contributed by atoms with van der Waals surface area (Å²) < 4.78 is 10.8. The second kappa shape index (κ2) is 11.6. The lowest BCUT2D eigenvalue weighted by molar-refractivity contribution is -0.149. The molecule has 6 heteroatoms. The van der Waals surface area contributed by atoms with Crippen molar-refractivity contribution in [1.29, 1.82) is 0 Å². The molecular weight excluding hydrogens is 349 g/mol. The highest BCUT2D eigenvalue weighted by atomic mass is 35.5. The molecule has 24 heavy (non-hydrogen) atoms. The van der Waals surface area contributed by atoms with Crippen LogP contribution in [0.4, 0.5) is 0 Å². The molecule has 1 heterocycles. The molecule has 0 bridgehead atoms. The van der Waals surface area contributed by atoms with Gasteiger partial charge in [0.05, 0.1) is 19.1 Å². The predicted octanol–water partition coefficient (Wildman–Crippen LogP) is 4.20. The van der Waals surface area contributed by atoms with Crippen LogP contribution in [0.5, 0.6) is 5.75 Å². The number of ether oxygens (including phenoxy) is 2. The Labute approximate surface area is 155 Å². The number of benzene rings is 1. The third-order valence-corrected chi connectivity index (χ3v) is 4.38. The van der Waals surface area contributed by atoms with Gasteiger partial charge < -0.3 is 14.4 Å². The molecule has 0 saturated carbocycles. The van der Waals surface area contributed by atoms with Gasteiger partial charge in [-0.1, -0.05) is 17.7 Å². The molecular formula is C18H27Cl2NO3. The SMILES string of the molecule is CCOC(=O)C1CCN(CCCCOc2cccc(Cl)c2)CC1.Cl. The van der Waals surface area contributed by atoms with Crippen LogP contribution in [0.1, 0.15) is 32.6 Å². The quantitative estimate of drug-likeness (QED) is 0.504. The van der Waals surface area contributed by atoms with Gasteiger partial charge in [-0.05, 0) is 70.4 Å². The molecule has 1 aromatic carbocycles. The number of carbonyl (C=O) groups is 1. The molecule has 0 atom stereocenters. The van der Waals surface area contributed by atoms with Crippen molar-refractivity contribution in [1.82, 2.24) is 4.90 Å². The smallest absolute Gasteiger partial charge is 0.309 e. The third-order valence-electron chi connectivity index (χ3n) is 4.14. The summed E-state index contributed by atoms with van der Waals surface area (Å²) in [5, 5.41) is 0.701. The highest BCUT2D eigenvalue weighted by Crippen LogP contribution is 2.19. The molecule has 0 amide bonds. The van der Waals surface area contributed by atoms with Crippen LogP contribution < -0.4 is 4.74 Å². The fraction of sp³-hybridized carbons (Fsp3) is 0.611. The van der Waals surface area contributed by atoms with Gasteiger partial charge in [-0.15, -0.1) is 12.4 Å². The Kier molecular flexibility index (Phi) is 10.2. The second-order valence-electron chi connectivity index (χ2n) is 5.88. The molecule has 4 nitrogen and oxygen atoms in total. The fourth-order valence-corrected chi connectivity index (χ4v) is 3.02.